The summed E-state index contributed by atoms with van der Waals surface area (Å²) in [5, 5.41) is 19.9. The lowest BCUT2D eigenvalue weighted by Crippen LogP contribution is -2.59. The number of aliphatic carboxylic acids is 1. The number of carbonyl (C=O) groups is 3. The average Bonchev–Trinajstić information content (AvgIpc) is 3.32. The van der Waals surface area contributed by atoms with Crippen molar-refractivity contribution in [3.8, 4) is 0 Å². The van der Waals surface area contributed by atoms with Crippen molar-refractivity contribution in [1.29, 1.82) is 0 Å². The number of carboxylic acids is 1. The van der Waals surface area contributed by atoms with Gasteiger partial charge >= 0.3 is 5.97 Å². The van der Waals surface area contributed by atoms with Crippen molar-refractivity contribution in [2.75, 3.05) is 19.7 Å². The average molecular weight is 501 g/mol. The molecule has 3 rings (SSSR count). The molecule has 9 heteroatoms. The molecule has 3 unspecified atom stereocenters. The number of hydrogen-bond donors (Lipinski definition) is 2. The van der Waals surface area contributed by atoms with Crippen LogP contribution in [0.3, 0.4) is 0 Å². The summed E-state index contributed by atoms with van der Waals surface area (Å²) in [5.41, 5.74) is -1.21. The van der Waals surface area contributed by atoms with Gasteiger partial charge in [-0.2, -0.15) is 0 Å². The van der Waals surface area contributed by atoms with Crippen molar-refractivity contribution in [3.05, 3.63) is 12.7 Å². The fourth-order valence-corrected chi connectivity index (χ4v) is 6.55. The highest BCUT2D eigenvalue weighted by molar-refractivity contribution is 9.09. The fourth-order valence-electron chi connectivity index (χ4n) is 5.61. The summed E-state index contributed by atoms with van der Waals surface area (Å²) in [7, 11) is 0. The molecule has 2 bridgehead atoms. The second kappa shape index (κ2) is 9.58. The summed E-state index contributed by atoms with van der Waals surface area (Å²) in [6.07, 6.45) is 4.63. The molecule has 3 aliphatic rings. The molecule has 3 fully saturated rings. The normalized spacial score (nSPS) is 34.6. The van der Waals surface area contributed by atoms with E-state index in [1.165, 1.54) is 4.90 Å². The number of halogens is 1. The minimum Gasteiger partial charge on any atom is -0.481 e. The molecule has 0 aromatic rings. The van der Waals surface area contributed by atoms with E-state index >= 15 is 0 Å². The van der Waals surface area contributed by atoms with Gasteiger partial charge in [-0.05, 0) is 19.3 Å². The van der Waals surface area contributed by atoms with Crippen molar-refractivity contribution >= 4 is 33.7 Å². The molecule has 7 atom stereocenters. The van der Waals surface area contributed by atoms with E-state index in [-0.39, 0.29) is 17.3 Å². The van der Waals surface area contributed by atoms with Crippen LogP contribution in [0.15, 0.2) is 12.7 Å². The molecule has 0 saturated carbocycles. The van der Waals surface area contributed by atoms with Gasteiger partial charge < -0.3 is 24.7 Å². The third-order valence-corrected chi connectivity index (χ3v) is 7.86. The first kappa shape index (κ1) is 24.2. The summed E-state index contributed by atoms with van der Waals surface area (Å²) < 4.78 is 6.25. The van der Waals surface area contributed by atoms with Crippen molar-refractivity contribution in [2.45, 2.75) is 74.6 Å². The van der Waals surface area contributed by atoms with Crippen LogP contribution in [0.5, 0.6) is 0 Å². The Morgan fingerprint density at radius 2 is 2.13 bits per heavy atom. The number of amides is 2. The number of ether oxygens (including phenoxy) is 1. The maximum atomic E-state index is 13.9. The van der Waals surface area contributed by atoms with Crippen LogP contribution in [0.1, 0.15) is 46.0 Å². The Morgan fingerprint density at radius 1 is 1.42 bits per heavy atom. The van der Waals surface area contributed by atoms with Crippen LogP contribution < -0.4 is 0 Å². The van der Waals surface area contributed by atoms with Gasteiger partial charge in [-0.3, -0.25) is 14.4 Å². The molecule has 3 aliphatic heterocycles. The molecule has 3 saturated heterocycles. The Kier molecular flexibility index (Phi) is 7.48. The molecule has 174 valence electrons. The largest absolute Gasteiger partial charge is 0.481 e. The van der Waals surface area contributed by atoms with Crippen LogP contribution in [-0.2, 0) is 19.1 Å². The summed E-state index contributed by atoms with van der Waals surface area (Å²) >= 11 is 3.53. The second-order valence-corrected chi connectivity index (χ2v) is 9.95. The predicted octanol–water partition coefficient (Wildman–Crippen LogP) is 1.79. The smallest absolute Gasteiger partial charge is 0.310 e. The Bertz CT molecular complexity index is 729. The number of aliphatic hydroxyl groups is 1. The lowest BCUT2D eigenvalue weighted by molar-refractivity contribution is -0.153. The molecule has 0 aromatic heterocycles. The van der Waals surface area contributed by atoms with Gasteiger partial charge in [0.05, 0.1) is 30.6 Å². The Morgan fingerprint density at radius 3 is 2.68 bits per heavy atom. The number of carboxylic acid groups (broad SMARTS) is 1. The monoisotopic (exact) mass is 500 g/mol. The highest BCUT2D eigenvalue weighted by atomic mass is 79.9. The molecule has 8 nitrogen and oxygen atoms in total. The number of nitrogens with zero attached hydrogens (tertiary/aromatic N) is 2. The van der Waals surface area contributed by atoms with E-state index in [1.807, 2.05) is 6.92 Å². The second-order valence-electron chi connectivity index (χ2n) is 8.77. The van der Waals surface area contributed by atoms with Gasteiger partial charge in [-0.25, -0.2) is 0 Å². The topological polar surface area (TPSA) is 107 Å². The van der Waals surface area contributed by atoms with E-state index in [0.717, 1.165) is 19.3 Å². The molecule has 1 spiro atoms. The number of unbranched alkanes of at least 4 members (excludes halogenated alkanes) is 2. The van der Waals surface area contributed by atoms with Gasteiger partial charge in [-0.1, -0.05) is 48.7 Å². The number of carbonyl (C=O) groups excluding carboxylic acids is 2. The zero-order valence-electron chi connectivity index (χ0n) is 18.2. The highest BCUT2D eigenvalue weighted by Crippen LogP contribution is 2.60. The lowest BCUT2D eigenvalue weighted by Gasteiger charge is -2.39. The van der Waals surface area contributed by atoms with Gasteiger partial charge in [0.15, 0.2) is 0 Å². The first-order valence-corrected chi connectivity index (χ1v) is 12.1. The lowest BCUT2D eigenvalue weighted by atomic mass is 9.70. The van der Waals surface area contributed by atoms with Crippen molar-refractivity contribution < 1.29 is 29.3 Å². The Labute approximate surface area is 191 Å². The highest BCUT2D eigenvalue weighted by Gasteiger charge is 2.77. The molecule has 0 radical (unpaired) electrons. The van der Waals surface area contributed by atoms with Crippen LogP contribution in [0.4, 0.5) is 0 Å². The minimum absolute atomic E-state index is 0.255. The summed E-state index contributed by atoms with van der Waals surface area (Å²) in [6, 6.07) is -1.54. The number of aliphatic hydroxyl groups excluding tert-OH is 1. The van der Waals surface area contributed by atoms with E-state index in [4.69, 9.17) is 4.74 Å². The molecular formula is C22H33BrN2O6. The standard InChI is InChI=1S/C22H33BrN2O6/c1-4-7-8-10-24(9-5-2)20(28)18-22-11-14(23)17(31-22)15(21(29)30)16(22)19(27)25(18)13(6-3)12-26/h5,13-18,26H,2,4,6-12H2,1,3H3,(H,29,30)/t13-,14?,15+,16-,17+,18?,22?/m0/s1. The van der Waals surface area contributed by atoms with Crippen LogP contribution in [0.25, 0.3) is 0 Å². The molecule has 0 aromatic carbocycles. The van der Waals surface area contributed by atoms with Crippen molar-refractivity contribution in [1.82, 2.24) is 9.80 Å². The zero-order valence-corrected chi connectivity index (χ0v) is 19.8. The number of rotatable bonds is 11. The number of alkyl halides is 1. The summed E-state index contributed by atoms with van der Waals surface area (Å²) in [4.78, 5) is 42.4. The third-order valence-electron chi connectivity index (χ3n) is 7.01. The molecule has 3 heterocycles. The van der Waals surface area contributed by atoms with E-state index in [0.29, 0.717) is 25.9 Å². The maximum absolute atomic E-state index is 13.9. The van der Waals surface area contributed by atoms with Gasteiger partial charge in [0.2, 0.25) is 11.8 Å². The van der Waals surface area contributed by atoms with Gasteiger partial charge in [-0.15, -0.1) is 6.58 Å². The van der Waals surface area contributed by atoms with Crippen molar-refractivity contribution in [3.63, 3.8) is 0 Å². The first-order chi connectivity index (χ1) is 14.8. The van der Waals surface area contributed by atoms with Crippen LogP contribution in [-0.4, -0.2) is 86.1 Å². The molecule has 31 heavy (non-hydrogen) atoms. The summed E-state index contributed by atoms with van der Waals surface area (Å²) in [6.45, 7) is 8.25. The SMILES string of the molecule is C=CCN(CCCCC)C(=O)C1N([C@@H](CC)CO)C(=O)[C@@H]2[C@@H](C(=O)O)[C@@H]3OC12CC3Br. The fraction of sp³-hybridized carbons (Fsp3) is 0.773. The van der Waals surface area contributed by atoms with Crippen LogP contribution in [0.2, 0.25) is 0 Å². The molecule has 0 aliphatic carbocycles. The predicted molar refractivity (Wildman–Crippen MR) is 118 cm³/mol. The van der Waals surface area contributed by atoms with E-state index in [1.54, 1.807) is 11.0 Å². The van der Waals surface area contributed by atoms with Gasteiger partial charge in [0, 0.05) is 17.9 Å². The van der Waals surface area contributed by atoms with E-state index in [2.05, 4.69) is 29.4 Å². The van der Waals surface area contributed by atoms with E-state index < -0.39 is 47.5 Å². The molecule has 2 N–H and O–H groups in total. The quantitative estimate of drug-likeness (QED) is 0.254. The van der Waals surface area contributed by atoms with E-state index in [9.17, 15) is 24.6 Å². The zero-order chi connectivity index (χ0) is 22.9. The first-order valence-electron chi connectivity index (χ1n) is 11.2. The molecular weight excluding hydrogens is 468 g/mol. The Balaban J connectivity index is 2.05. The maximum Gasteiger partial charge on any atom is 0.310 e. The summed E-state index contributed by atoms with van der Waals surface area (Å²) in [5.74, 6) is -3.70. The molecule has 2 amide bonds. The Hall–Kier alpha value is -1.45. The van der Waals surface area contributed by atoms with Gasteiger partial charge in [0.1, 0.15) is 11.6 Å². The number of hydrogen-bond acceptors (Lipinski definition) is 5. The third kappa shape index (κ3) is 3.82. The number of fused-ring (bicyclic) bond motifs is 1. The van der Waals surface area contributed by atoms with Crippen LogP contribution >= 0.6 is 15.9 Å². The minimum atomic E-state index is -1.21. The van der Waals surface area contributed by atoms with Gasteiger partial charge in [0.25, 0.3) is 0 Å². The van der Waals surface area contributed by atoms with Crippen LogP contribution in [0, 0.1) is 11.8 Å². The van der Waals surface area contributed by atoms with Crippen molar-refractivity contribution in [2.24, 2.45) is 11.8 Å². The number of likely N-dealkylation sites (tertiary alicyclic amines) is 1.